The molecule has 0 spiro atoms. The number of carbonyl (C=O) groups excluding carboxylic acids is 1. The highest BCUT2D eigenvalue weighted by Crippen LogP contribution is 2.25. The summed E-state index contributed by atoms with van der Waals surface area (Å²) in [5.74, 6) is 1.28. The maximum Gasteiger partial charge on any atom is 0.243 e. The van der Waals surface area contributed by atoms with E-state index in [1.165, 1.54) is 0 Å². The molecular formula is C19H22Cl2N2O2. The van der Waals surface area contributed by atoms with Crippen molar-refractivity contribution in [3.63, 3.8) is 0 Å². The SMILES string of the molecule is CC(C)CCOc1ccc(NCC(=O)Nc2ccc(Cl)c(Cl)c2)cc1. The third-order valence-corrected chi connectivity index (χ3v) is 4.21. The molecule has 0 aromatic heterocycles. The van der Waals surface area contributed by atoms with Gasteiger partial charge in [0.1, 0.15) is 5.75 Å². The van der Waals surface area contributed by atoms with Gasteiger partial charge in [-0.15, -0.1) is 0 Å². The summed E-state index contributed by atoms with van der Waals surface area (Å²) in [7, 11) is 0. The van der Waals surface area contributed by atoms with Crippen LogP contribution in [0.5, 0.6) is 5.75 Å². The average Bonchev–Trinajstić information content (AvgIpc) is 2.57. The maximum absolute atomic E-state index is 12.0. The van der Waals surface area contributed by atoms with E-state index in [4.69, 9.17) is 27.9 Å². The zero-order chi connectivity index (χ0) is 18.2. The molecule has 0 aliphatic carbocycles. The summed E-state index contributed by atoms with van der Waals surface area (Å²) < 4.78 is 5.67. The van der Waals surface area contributed by atoms with Gasteiger partial charge in [-0.25, -0.2) is 0 Å². The second kappa shape index (κ2) is 9.54. The Balaban J connectivity index is 1.78. The molecule has 2 rings (SSSR count). The van der Waals surface area contributed by atoms with E-state index in [0.29, 0.717) is 28.3 Å². The first kappa shape index (κ1) is 19.4. The summed E-state index contributed by atoms with van der Waals surface area (Å²) in [6, 6.07) is 12.5. The lowest BCUT2D eigenvalue weighted by Gasteiger charge is -2.10. The monoisotopic (exact) mass is 380 g/mol. The number of carbonyl (C=O) groups is 1. The Bertz CT molecular complexity index is 703. The molecule has 0 unspecified atom stereocenters. The first-order valence-electron chi connectivity index (χ1n) is 8.15. The summed E-state index contributed by atoms with van der Waals surface area (Å²) in [4.78, 5) is 12.0. The van der Waals surface area contributed by atoms with E-state index in [-0.39, 0.29) is 12.5 Å². The van der Waals surface area contributed by atoms with Gasteiger partial charge in [-0.05, 0) is 54.8 Å². The largest absolute Gasteiger partial charge is 0.494 e. The predicted octanol–water partition coefficient (Wildman–Crippen LogP) is 5.47. The van der Waals surface area contributed by atoms with Crippen molar-refractivity contribution in [3.8, 4) is 5.75 Å². The average molecular weight is 381 g/mol. The lowest BCUT2D eigenvalue weighted by molar-refractivity contribution is -0.114. The fraction of sp³-hybridized carbons (Fsp3) is 0.316. The zero-order valence-corrected chi connectivity index (χ0v) is 15.8. The van der Waals surface area contributed by atoms with Gasteiger partial charge in [0.25, 0.3) is 0 Å². The van der Waals surface area contributed by atoms with Crippen LogP contribution in [0.4, 0.5) is 11.4 Å². The van der Waals surface area contributed by atoms with Crippen LogP contribution >= 0.6 is 23.2 Å². The van der Waals surface area contributed by atoms with E-state index >= 15 is 0 Å². The van der Waals surface area contributed by atoms with Crippen LogP contribution < -0.4 is 15.4 Å². The zero-order valence-electron chi connectivity index (χ0n) is 14.3. The van der Waals surface area contributed by atoms with Gasteiger partial charge >= 0.3 is 0 Å². The normalized spacial score (nSPS) is 10.6. The Labute approximate surface area is 158 Å². The van der Waals surface area contributed by atoms with Gasteiger partial charge in [-0.3, -0.25) is 4.79 Å². The van der Waals surface area contributed by atoms with Crippen molar-refractivity contribution in [2.45, 2.75) is 20.3 Å². The minimum atomic E-state index is -0.171. The number of hydrogen-bond acceptors (Lipinski definition) is 3. The topological polar surface area (TPSA) is 50.4 Å². The number of anilines is 2. The number of benzene rings is 2. The van der Waals surface area contributed by atoms with Crippen molar-refractivity contribution >= 4 is 40.5 Å². The Morgan fingerprint density at radius 1 is 1.04 bits per heavy atom. The van der Waals surface area contributed by atoms with Crippen LogP contribution in [-0.2, 0) is 4.79 Å². The molecule has 2 aromatic carbocycles. The van der Waals surface area contributed by atoms with Crippen LogP contribution in [0, 0.1) is 5.92 Å². The van der Waals surface area contributed by atoms with Gasteiger partial charge in [0, 0.05) is 11.4 Å². The molecule has 0 heterocycles. The van der Waals surface area contributed by atoms with E-state index in [2.05, 4.69) is 24.5 Å². The molecule has 2 aromatic rings. The van der Waals surface area contributed by atoms with E-state index < -0.39 is 0 Å². The van der Waals surface area contributed by atoms with Gasteiger partial charge in [-0.1, -0.05) is 37.0 Å². The predicted molar refractivity (Wildman–Crippen MR) is 105 cm³/mol. The molecule has 0 radical (unpaired) electrons. The van der Waals surface area contributed by atoms with Gasteiger partial charge < -0.3 is 15.4 Å². The Morgan fingerprint density at radius 3 is 2.36 bits per heavy atom. The van der Waals surface area contributed by atoms with E-state index in [1.54, 1.807) is 18.2 Å². The molecule has 1 amide bonds. The van der Waals surface area contributed by atoms with E-state index in [1.807, 2.05) is 24.3 Å². The second-order valence-electron chi connectivity index (χ2n) is 6.09. The highest BCUT2D eigenvalue weighted by atomic mass is 35.5. The van der Waals surface area contributed by atoms with Crippen LogP contribution in [0.15, 0.2) is 42.5 Å². The van der Waals surface area contributed by atoms with E-state index in [0.717, 1.165) is 17.9 Å². The molecule has 0 saturated heterocycles. The lowest BCUT2D eigenvalue weighted by Crippen LogP contribution is -2.21. The van der Waals surface area contributed by atoms with Crippen molar-refractivity contribution in [1.29, 1.82) is 0 Å². The molecule has 0 aliphatic rings. The molecule has 6 heteroatoms. The molecule has 0 atom stereocenters. The minimum Gasteiger partial charge on any atom is -0.494 e. The van der Waals surface area contributed by atoms with Crippen LogP contribution in [0.2, 0.25) is 10.0 Å². The smallest absolute Gasteiger partial charge is 0.243 e. The molecule has 25 heavy (non-hydrogen) atoms. The third kappa shape index (κ3) is 6.85. The summed E-state index contributed by atoms with van der Waals surface area (Å²) in [6.45, 7) is 5.18. The van der Waals surface area contributed by atoms with Gasteiger partial charge in [0.2, 0.25) is 5.91 Å². The molecule has 2 N–H and O–H groups in total. The summed E-state index contributed by atoms with van der Waals surface area (Å²) >= 11 is 11.8. The molecule has 134 valence electrons. The molecule has 0 saturated carbocycles. The summed E-state index contributed by atoms with van der Waals surface area (Å²) in [6.07, 6.45) is 1.02. The number of rotatable bonds is 8. The summed E-state index contributed by atoms with van der Waals surface area (Å²) in [5.41, 5.74) is 1.45. The van der Waals surface area contributed by atoms with E-state index in [9.17, 15) is 4.79 Å². The number of halogens is 2. The van der Waals surface area contributed by atoms with Crippen molar-refractivity contribution < 1.29 is 9.53 Å². The highest BCUT2D eigenvalue weighted by molar-refractivity contribution is 6.42. The quantitative estimate of drug-likeness (QED) is 0.638. The van der Waals surface area contributed by atoms with Gasteiger partial charge in [0.05, 0.1) is 23.2 Å². The summed E-state index contributed by atoms with van der Waals surface area (Å²) in [5, 5.41) is 6.68. The third-order valence-electron chi connectivity index (χ3n) is 3.47. The van der Waals surface area contributed by atoms with Crippen molar-refractivity contribution in [3.05, 3.63) is 52.5 Å². The first-order chi connectivity index (χ1) is 11.9. The van der Waals surface area contributed by atoms with Crippen LogP contribution in [0.25, 0.3) is 0 Å². The van der Waals surface area contributed by atoms with Crippen molar-refractivity contribution in [1.82, 2.24) is 0 Å². The van der Waals surface area contributed by atoms with Crippen LogP contribution in [0.1, 0.15) is 20.3 Å². The maximum atomic E-state index is 12.0. The number of hydrogen-bond donors (Lipinski definition) is 2. The highest BCUT2D eigenvalue weighted by Gasteiger charge is 2.05. The van der Waals surface area contributed by atoms with Crippen LogP contribution in [-0.4, -0.2) is 19.1 Å². The van der Waals surface area contributed by atoms with Gasteiger partial charge in [0.15, 0.2) is 0 Å². The van der Waals surface area contributed by atoms with Crippen molar-refractivity contribution in [2.24, 2.45) is 5.92 Å². The Kier molecular flexibility index (Phi) is 7.41. The Morgan fingerprint density at radius 2 is 1.72 bits per heavy atom. The van der Waals surface area contributed by atoms with Gasteiger partial charge in [-0.2, -0.15) is 0 Å². The minimum absolute atomic E-state index is 0.147. The molecule has 4 nitrogen and oxygen atoms in total. The van der Waals surface area contributed by atoms with Crippen LogP contribution in [0.3, 0.4) is 0 Å². The second-order valence-corrected chi connectivity index (χ2v) is 6.90. The number of amides is 1. The molecule has 0 fully saturated rings. The fourth-order valence-electron chi connectivity index (χ4n) is 2.04. The standard InChI is InChI=1S/C19H22Cl2N2O2/c1-13(2)9-10-25-16-6-3-14(4-7-16)22-12-19(24)23-15-5-8-17(20)18(21)11-15/h3-8,11,13,22H,9-10,12H2,1-2H3,(H,23,24). The lowest BCUT2D eigenvalue weighted by atomic mass is 10.1. The molecule has 0 aliphatic heterocycles. The molecule has 0 bridgehead atoms. The van der Waals surface area contributed by atoms with Crippen molar-refractivity contribution in [2.75, 3.05) is 23.8 Å². The number of nitrogens with one attached hydrogen (secondary N) is 2. The number of ether oxygens (including phenoxy) is 1. The molecular weight excluding hydrogens is 359 g/mol. The fourth-order valence-corrected chi connectivity index (χ4v) is 2.34. The Hall–Kier alpha value is -1.91. The first-order valence-corrected chi connectivity index (χ1v) is 8.91.